The summed E-state index contributed by atoms with van der Waals surface area (Å²) in [6, 6.07) is 4.39. The second-order valence-electron chi connectivity index (χ2n) is 5.04. The van der Waals surface area contributed by atoms with Crippen LogP contribution in [0.15, 0.2) is 18.2 Å². The van der Waals surface area contributed by atoms with Gasteiger partial charge in [-0.05, 0) is 31.0 Å². The topological polar surface area (TPSA) is 61.4 Å². The zero-order valence-electron chi connectivity index (χ0n) is 11.8. The monoisotopic (exact) mass is 318 g/mol. The van der Waals surface area contributed by atoms with Gasteiger partial charge in [-0.1, -0.05) is 37.0 Å². The summed E-state index contributed by atoms with van der Waals surface area (Å²) in [7, 11) is 0. The first-order valence-corrected chi connectivity index (χ1v) is 7.23. The second kappa shape index (κ2) is 7.72. The molecule has 0 aliphatic carbocycles. The van der Waals surface area contributed by atoms with Gasteiger partial charge in [0.1, 0.15) is 6.04 Å². The summed E-state index contributed by atoms with van der Waals surface area (Å²) < 4.78 is 0. The number of benzene rings is 1. The number of nitrogens with one attached hydrogen (secondary N) is 2. The zero-order chi connectivity index (χ0) is 15.3. The summed E-state index contributed by atoms with van der Waals surface area (Å²) in [4.78, 5) is 12.0. The first-order valence-electron chi connectivity index (χ1n) is 6.48. The van der Waals surface area contributed by atoms with Gasteiger partial charge in [0.15, 0.2) is 0 Å². The Morgan fingerprint density at radius 3 is 2.40 bits per heavy atom. The van der Waals surface area contributed by atoms with Crippen molar-refractivity contribution in [3.8, 4) is 0 Å². The number of carbonyl (C=O) groups is 1. The molecule has 112 valence electrons. The van der Waals surface area contributed by atoms with Crippen molar-refractivity contribution in [2.45, 2.75) is 32.9 Å². The lowest BCUT2D eigenvalue weighted by Crippen LogP contribution is -2.47. The summed E-state index contributed by atoms with van der Waals surface area (Å²) >= 11 is 11.8. The Hall–Kier alpha value is -0.970. The molecule has 0 fully saturated rings. The smallest absolute Gasteiger partial charge is 0.242 e. The lowest BCUT2D eigenvalue weighted by molar-refractivity contribution is -0.122. The number of halogens is 2. The molecular formula is C14H20Cl2N2O2. The number of carbonyl (C=O) groups excluding carboxylic acids is 1. The molecule has 0 spiro atoms. The molecular weight excluding hydrogens is 299 g/mol. The van der Waals surface area contributed by atoms with Crippen LogP contribution in [0.3, 0.4) is 0 Å². The Kier molecular flexibility index (Phi) is 6.59. The van der Waals surface area contributed by atoms with Crippen LogP contribution in [0.1, 0.15) is 20.8 Å². The predicted octanol–water partition coefficient (Wildman–Crippen LogP) is 2.93. The molecule has 0 aliphatic rings. The molecule has 0 heterocycles. The van der Waals surface area contributed by atoms with E-state index in [0.29, 0.717) is 15.7 Å². The van der Waals surface area contributed by atoms with E-state index in [0.717, 1.165) is 0 Å². The van der Waals surface area contributed by atoms with Crippen LogP contribution >= 0.6 is 23.2 Å². The SMILES string of the molecule is CC(C)C(CO)NC(=O)[C@H](C)Nc1ccc(Cl)c(Cl)c1. The third kappa shape index (κ3) is 4.85. The van der Waals surface area contributed by atoms with Crippen LogP contribution in [0.25, 0.3) is 0 Å². The summed E-state index contributed by atoms with van der Waals surface area (Å²) in [6.07, 6.45) is 0. The molecule has 1 aromatic rings. The van der Waals surface area contributed by atoms with Gasteiger partial charge in [-0.2, -0.15) is 0 Å². The summed E-state index contributed by atoms with van der Waals surface area (Å²) in [5.41, 5.74) is 0.715. The Bertz CT molecular complexity index is 466. The van der Waals surface area contributed by atoms with E-state index < -0.39 is 6.04 Å². The highest BCUT2D eigenvalue weighted by Gasteiger charge is 2.19. The number of amides is 1. The van der Waals surface area contributed by atoms with Crippen LogP contribution in [-0.4, -0.2) is 29.7 Å². The maximum absolute atomic E-state index is 12.0. The Balaban J connectivity index is 2.63. The van der Waals surface area contributed by atoms with E-state index in [1.54, 1.807) is 25.1 Å². The van der Waals surface area contributed by atoms with Gasteiger partial charge in [-0.15, -0.1) is 0 Å². The van der Waals surface area contributed by atoms with E-state index in [1.807, 2.05) is 13.8 Å². The van der Waals surface area contributed by atoms with Crippen LogP contribution in [-0.2, 0) is 4.79 Å². The fraction of sp³-hybridized carbons (Fsp3) is 0.500. The number of aliphatic hydroxyl groups excluding tert-OH is 1. The van der Waals surface area contributed by atoms with Gasteiger partial charge < -0.3 is 15.7 Å². The van der Waals surface area contributed by atoms with Crippen LogP contribution in [0, 0.1) is 5.92 Å². The molecule has 1 unspecified atom stereocenters. The fourth-order valence-corrected chi connectivity index (χ4v) is 1.93. The highest BCUT2D eigenvalue weighted by molar-refractivity contribution is 6.42. The van der Waals surface area contributed by atoms with Crippen molar-refractivity contribution >= 4 is 34.8 Å². The zero-order valence-corrected chi connectivity index (χ0v) is 13.3. The van der Waals surface area contributed by atoms with E-state index in [4.69, 9.17) is 23.2 Å². The molecule has 6 heteroatoms. The van der Waals surface area contributed by atoms with Crippen molar-refractivity contribution in [2.75, 3.05) is 11.9 Å². The third-order valence-electron chi connectivity index (χ3n) is 3.03. The Labute approximate surface area is 129 Å². The minimum atomic E-state index is -0.444. The number of hydrogen-bond acceptors (Lipinski definition) is 3. The largest absolute Gasteiger partial charge is 0.394 e. The Morgan fingerprint density at radius 2 is 1.90 bits per heavy atom. The number of rotatable bonds is 6. The minimum Gasteiger partial charge on any atom is -0.394 e. The highest BCUT2D eigenvalue weighted by Crippen LogP contribution is 2.25. The van der Waals surface area contributed by atoms with Crippen molar-refractivity contribution in [1.82, 2.24) is 5.32 Å². The minimum absolute atomic E-state index is 0.0805. The summed E-state index contributed by atoms with van der Waals surface area (Å²) in [6.45, 7) is 5.55. The summed E-state index contributed by atoms with van der Waals surface area (Å²) in [5, 5.41) is 16.0. The van der Waals surface area contributed by atoms with Crippen molar-refractivity contribution in [3.63, 3.8) is 0 Å². The van der Waals surface area contributed by atoms with E-state index in [9.17, 15) is 9.90 Å². The Morgan fingerprint density at radius 1 is 1.25 bits per heavy atom. The predicted molar refractivity (Wildman–Crippen MR) is 83.4 cm³/mol. The maximum Gasteiger partial charge on any atom is 0.242 e. The van der Waals surface area contributed by atoms with Crippen LogP contribution < -0.4 is 10.6 Å². The van der Waals surface area contributed by atoms with Crippen LogP contribution in [0.5, 0.6) is 0 Å². The van der Waals surface area contributed by atoms with Crippen molar-refractivity contribution < 1.29 is 9.90 Å². The van der Waals surface area contributed by atoms with Crippen LogP contribution in [0.4, 0.5) is 5.69 Å². The van der Waals surface area contributed by atoms with Gasteiger partial charge in [-0.25, -0.2) is 0 Å². The van der Waals surface area contributed by atoms with Gasteiger partial charge >= 0.3 is 0 Å². The molecule has 0 aromatic heterocycles. The molecule has 0 saturated carbocycles. The molecule has 3 N–H and O–H groups in total. The van der Waals surface area contributed by atoms with Gasteiger partial charge in [0, 0.05) is 5.69 Å². The van der Waals surface area contributed by atoms with Crippen molar-refractivity contribution in [2.24, 2.45) is 5.92 Å². The lowest BCUT2D eigenvalue weighted by atomic mass is 10.1. The van der Waals surface area contributed by atoms with Gasteiger partial charge in [0.2, 0.25) is 5.91 Å². The second-order valence-corrected chi connectivity index (χ2v) is 5.85. The maximum atomic E-state index is 12.0. The van der Waals surface area contributed by atoms with Crippen molar-refractivity contribution in [1.29, 1.82) is 0 Å². The van der Waals surface area contributed by atoms with Crippen molar-refractivity contribution in [3.05, 3.63) is 28.2 Å². The number of anilines is 1. The highest BCUT2D eigenvalue weighted by atomic mass is 35.5. The van der Waals surface area contributed by atoms with E-state index in [2.05, 4.69) is 10.6 Å². The van der Waals surface area contributed by atoms with Crippen LogP contribution in [0.2, 0.25) is 10.0 Å². The first-order chi connectivity index (χ1) is 9.35. The average molecular weight is 319 g/mol. The molecule has 0 aliphatic heterocycles. The van der Waals surface area contributed by atoms with Gasteiger partial charge in [-0.3, -0.25) is 4.79 Å². The first kappa shape index (κ1) is 17.1. The third-order valence-corrected chi connectivity index (χ3v) is 3.76. The molecule has 0 bridgehead atoms. The number of hydrogen-bond donors (Lipinski definition) is 3. The molecule has 0 radical (unpaired) electrons. The van der Waals surface area contributed by atoms with Gasteiger partial charge in [0.05, 0.1) is 22.7 Å². The van der Waals surface area contributed by atoms with E-state index in [-0.39, 0.29) is 24.5 Å². The quantitative estimate of drug-likeness (QED) is 0.755. The molecule has 2 atom stereocenters. The standard InChI is InChI=1S/C14H20Cl2N2O2/c1-8(2)13(7-19)18-14(20)9(3)17-10-4-5-11(15)12(16)6-10/h4-6,8-9,13,17,19H,7H2,1-3H3,(H,18,20)/t9-,13?/m0/s1. The lowest BCUT2D eigenvalue weighted by Gasteiger charge is -2.23. The molecule has 1 amide bonds. The fourth-order valence-electron chi connectivity index (χ4n) is 1.63. The molecule has 20 heavy (non-hydrogen) atoms. The average Bonchev–Trinajstić information content (AvgIpc) is 2.39. The molecule has 1 aromatic carbocycles. The molecule has 1 rings (SSSR count). The molecule has 4 nitrogen and oxygen atoms in total. The van der Waals surface area contributed by atoms with E-state index in [1.165, 1.54) is 0 Å². The normalized spacial score (nSPS) is 13.9. The van der Waals surface area contributed by atoms with Gasteiger partial charge in [0.25, 0.3) is 0 Å². The summed E-state index contributed by atoms with van der Waals surface area (Å²) in [5.74, 6) is -0.00931. The molecule has 0 saturated heterocycles. The number of aliphatic hydroxyl groups is 1. The van der Waals surface area contributed by atoms with E-state index >= 15 is 0 Å².